The van der Waals surface area contributed by atoms with Gasteiger partial charge in [0.1, 0.15) is 15.2 Å². The van der Waals surface area contributed by atoms with Crippen LogP contribution in [-0.4, -0.2) is 50.5 Å². The van der Waals surface area contributed by atoms with E-state index >= 15 is 0 Å². The third kappa shape index (κ3) is 10.2. The summed E-state index contributed by atoms with van der Waals surface area (Å²) >= 11 is 0.908. The Morgan fingerprint density at radius 1 is 0.977 bits per heavy atom. The Bertz CT molecular complexity index is 1440. The lowest BCUT2D eigenvalue weighted by atomic mass is 10.1. The van der Waals surface area contributed by atoms with E-state index in [0.717, 1.165) is 15.9 Å². The lowest BCUT2D eigenvalue weighted by Crippen LogP contribution is -2.52. The number of rotatable bonds is 8. The Hall–Kier alpha value is -3.77. The Morgan fingerprint density at radius 3 is 1.91 bits per heavy atom. The van der Waals surface area contributed by atoms with Crippen molar-refractivity contribution in [2.45, 2.75) is 94.9 Å². The van der Waals surface area contributed by atoms with Gasteiger partial charge in [0.15, 0.2) is 0 Å². The summed E-state index contributed by atoms with van der Waals surface area (Å²) in [7, 11) is 0. The highest BCUT2D eigenvalue weighted by Gasteiger charge is 2.36. The highest BCUT2D eigenvalue weighted by Crippen LogP contribution is 2.30. The first-order valence-corrected chi connectivity index (χ1v) is 14.7. The topological polar surface area (TPSA) is 154 Å². The predicted octanol–water partition coefficient (Wildman–Crippen LogP) is 5.52. The maximum atomic E-state index is 13.4. The fourth-order valence-corrected chi connectivity index (χ4v) is 4.84. The highest BCUT2D eigenvalue weighted by molar-refractivity contribution is 7.20. The van der Waals surface area contributed by atoms with Gasteiger partial charge in [0, 0.05) is 6.92 Å². The average Bonchev–Trinajstić information content (AvgIpc) is 3.31. The quantitative estimate of drug-likeness (QED) is 0.308. The van der Waals surface area contributed by atoms with Gasteiger partial charge in [-0.1, -0.05) is 65.5 Å². The largest absolute Gasteiger partial charge is 0.480 e. The lowest BCUT2D eigenvalue weighted by molar-refractivity contribution is -0.146. The first-order chi connectivity index (χ1) is 19.8. The van der Waals surface area contributed by atoms with Gasteiger partial charge < -0.3 is 19.7 Å². The number of benzene rings is 1. The molecule has 43 heavy (non-hydrogen) atoms. The second-order valence-corrected chi connectivity index (χ2v) is 9.70. The molecule has 3 rings (SSSR count). The van der Waals surface area contributed by atoms with Gasteiger partial charge in [0.2, 0.25) is 0 Å². The van der Waals surface area contributed by atoms with E-state index in [1.54, 1.807) is 51.1 Å². The molecular weight excluding hydrogens is 576 g/mol. The van der Waals surface area contributed by atoms with E-state index in [1.165, 1.54) is 20.8 Å². The van der Waals surface area contributed by atoms with Crippen molar-refractivity contribution in [1.29, 1.82) is 0 Å². The maximum absolute atomic E-state index is 13.4. The number of aliphatic carboxylic acids is 1. The smallest absolute Gasteiger partial charge is 0.348 e. The van der Waals surface area contributed by atoms with Crippen LogP contribution in [0.2, 0.25) is 0 Å². The van der Waals surface area contributed by atoms with Crippen LogP contribution in [0.25, 0.3) is 10.2 Å². The number of fused-ring (bicyclic) bond motifs is 1. The molecule has 0 aliphatic heterocycles. The van der Waals surface area contributed by atoms with Gasteiger partial charge in [0.25, 0.3) is 5.56 Å². The van der Waals surface area contributed by atoms with Crippen molar-refractivity contribution in [3.63, 3.8) is 0 Å². The number of thiophene rings is 1. The Kier molecular flexibility index (Phi) is 18.7. The van der Waals surface area contributed by atoms with E-state index in [2.05, 4.69) is 4.74 Å². The van der Waals surface area contributed by atoms with Crippen LogP contribution < -0.4 is 11.2 Å². The molecule has 0 aliphatic rings. The zero-order valence-corrected chi connectivity index (χ0v) is 27.0. The predicted molar refractivity (Wildman–Crippen MR) is 171 cm³/mol. The number of carboxylic acids is 1. The molecule has 0 spiro atoms. The zero-order valence-electron chi connectivity index (χ0n) is 26.1. The molecule has 0 radical (unpaired) electrons. The number of nitrogens with zero attached hydrogens (tertiary/aromatic N) is 2. The summed E-state index contributed by atoms with van der Waals surface area (Å²) in [5.41, 5.74) is -2.72. The van der Waals surface area contributed by atoms with Gasteiger partial charge in [-0.25, -0.2) is 19.0 Å². The number of aliphatic hydroxyl groups excluding tert-OH is 1. The molecule has 12 heteroatoms. The first kappa shape index (κ1) is 41.4. The van der Waals surface area contributed by atoms with Gasteiger partial charge in [0.05, 0.1) is 31.2 Å². The molecule has 242 valence electrons. The molecule has 0 saturated heterocycles. The summed E-state index contributed by atoms with van der Waals surface area (Å²) in [6.07, 6.45) is -1.11. The number of hydrogen-bond donors (Lipinski definition) is 2. The maximum Gasteiger partial charge on any atom is 0.348 e. The molecule has 1 unspecified atom stereocenters. The molecule has 1 atom stereocenters. The normalized spacial score (nSPS) is 10.8. The van der Waals surface area contributed by atoms with Crippen LogP contribution in [0, 0.1) is 6.92 Å². The van der Waals surface area contributed by atoms with Crippen molar-refractivity contribution in [1.82, 2.24) is 9.13 Å². The van der Waals surface area contributed by atoms with Gasteiger partial charge in [-0.05, 0) is 45.7 Å². The molecule has 2 aromatic heterocycles. The SMILES string of the molecule is C.CC.CC.CCOC(=O)c1sc2c(c1C)c(=O)n(C(C)(C)C(=O)O)c(=O)n2CC(O)c1ccccc1.CCOC(C)=O. The first-order valence-electron chi connectivity index (χ1n) is 13.9. The molecular formula is C31H48N2O9S. The Balaban J connectivity index is 0. The summed E-state index contributed by atoms with van der Waals surface area (Å²) in [6, 6.07) is 8.63. The van der Waals surface area contributed by atoms with E-state index in [1.807, 2.05) is 27.7 Å². The number of ether oxygens (including phenoxy) is 2. The van der Waals surface area contributed by atoms with Crippen LogP contribution in [0.15, 0.2) is 39.9 Å². The number of aliphatic hydroxyl groups is 1. The van der Waals surface area contributed by atoms with E-state index in [9.17, 15) is 34.2 Å². The number of carbonyl (C=O) groups is 3. The number of esters is 2. The Labute approximate surface area is 257 Å². The third-order valence-electron chi connectivity index (χ3n) is 5.64. The van der Waals surface area contributed by atoms with Crippen molar-refractivity contribution >= 4 is 39.5 Å². The van der Waals surface area contributed by atoms with Crippen molar-refractivity contribution in [3.05, 3.63) is 67.2 Å². The average molecular weight is 625 g/mol. The zero-order chi connectivity index (χ0) is 32.8. The van der Waals surface area contributed by atoms with E-state index in [-0.39, 0.29) is 41.6 Å². The lowest BCUT2D eigenvalue weighted by Gasteiger charge is -2.24. The summed E-state index contributed by atoms with van der Waals surface area (Å²) in [4.78, 5) is 61.1. The van der Waals surface area contributed by atoms with E-state index in [0.29, 0.717) is 22.3 Å². The molecule has 1 aromatic carbocycles. The molecule has 2 heterocycles. The van der Waals surface area contributed by atoms with Crippen molar-refractivity contribution in [3.8, 4) is 0 Å². The van der Waals surface area contributed by atoms with Gasteiger partial charge in [-0.2, -0.15) is 0 Å². The number of carbonyl (C=O) groups excluding carboxylic acids is 2. The highest BCUT2D eigenvalue weighted by atomic mass is 32.1. The van der Waals surface area contributed by atoms with Crippen LogP contribution in [0.3, 0.4) is 0 Å². The molecule has 2 N–H and O–H groups in total. The minimum Gasteiger partial charge on any atom is -0.480 e. The molecule has 11 nitrogen and oxygen atoms in total. The van der Waals surface area contributed by atoms with Crippen LogP contribution in [0.4, 0.5) is 0 Å². The number of hydrogen-bond acceptors (Lipinski definition) is 9. The minimum atomic E-state index is -1.86. The van der Waals surface area contributed by atoms with Crippen molar-refractivity contribution in [2.24, 2.45) is 0 Å². The van der Waals surface area contributed by atoms with Gasteiger partial charge in [-0.3, -0.25) is 14.2 Å². The van der Waals surface area contributed by atoms with Gasteiger partial charge in [-0.15, -0.1) is 11.3 Å². The summed E-state index contributed by atoms with van der Waals surface area (Å²) in [5, 5.41) is 20.5. The second-order valence-electron chi connectivity index (χ2n) is 8.71. The van der Waals surface area contributed by atoms with E-state index < -0.39 is 34.8 Å². The molecule has 0 saturated carbocycles. The summed E-state index contributed by atoms with van der Waals surface area (Å²) < 4.78 is 11.3. The van der Waals surface area contributed by atoms with Crippen molar-refractivity contribution in [2.75, 3.05) is 13.2 Å². The second kappa shape index (κ2) is 19.4. The van der Waals surface area contributed by atoms with Gasteiger partial charge >= 0.3 is 23.6 Å². The van der Waals surface area contributed by atoms with Crippen LogP contribution in [0.1, 0.15) is 96.6 Å². The van der Waals surface area contributed by atoms with E-state index in [4.69, 9.17) is 4.74 Å². The Morgan fingerprint density at radius 2 is 1.49 bits per heavy atom. The van der Waals surface area contributed by atoms with Crippen LogP contribution in [0.5, 0.6) is 0 Å². The molecule has 0 fully saturated rings. The fourth-order valence-electron chi connectivity index (χ4n) is 3.64. The fraction of sp³-hybridized carbons (Fsp3) is 0.516. The van der Waals surface area contributed by atoms with Crippen LogP contribution in [-0.2, 0) is 31.1 Å². The van der Waals surface area contributed by atoms with Crippen LogP contribution >= 0.6 is 11.3 Å². The number of carboxylic acid groups (broad SMARTS) is 1. The standard InChI is InChI=1S/C22H24N2O7S.C4H8O2.2C2H6.CH4/c1-5-31-19(27)16-12(2)15-17(26)24(22(3,4)20(28)29)21(30)23(18(15)32-16)11-14(25)13-9-7-6-8-10-13;1-3-6-4(2)5;2*1-2;/h6-10,14,25H,5,11H2,1-4H3,(H,28,29);3H2,1-2H3;2*1-2H3;1H4. The summed E-state index contributed by atoms with van der Waals surface area (Å²) in [6.45, 7) is 17.2. The number of aryl methyl sites for hydroxylation is 1. The molecule has 0 amide bonds. The van der Waals surface area contributed by atoms with Crippen molar-refractivity contribution < 1.29 is 34.1 Å². The summed E-state index contributed by atoms with van der Waals surface area (Å²) in [5.74, 6) is -2.22. The molecule has 3 aromatic rings. The minimum absolute atomic E-state index is 0. The monoisotopic (exact) mass is 624 g/mol. The number of aromatic nitrogens is 2. The molecule has 0 bridgehead atoms. The molecule has 0 aliphatic carbocycles. The third-order valence-corrected chi connectivity index (χ3v) is 6.94.